The largest absolute Gasteiger partial charge is 0.510 e. The SMILES string of the molecule is CCC/C(O)=C(/N=Nc1ccccc1)C(=O)OCC. The van der Waals surface area contributed by atoms with Crippen molar-refractivity contribution in [3.05, 3.63) is 41.8 Å². The third kappa shape index (κ3) is 4.91. The van der Waals surface area contributed by atoms with Crippen LogP contribution in [0.4, 0.5) is 5.69 Å². The second-order valence-corrected chi connectivity index (χ2v) is 3.80. The van der Waals surface area contributed by atoms with Crippen LogP contribution < -0.4 is 0 Å². The molecule has 0 atom stereocenters. The molecule has 0 amide bonds. The van der Waals surface area contributed by atoms with Crippen molar-refractivity contribution in [2.75, 3.05) is 6.61 Å². The van der Waals surface area contributed by atoms with Crippen molar-refractivity contribution in [1.29, 1.82) is 0 Å². The van der Waals surface area contributed by atoms with Gasteiger partial charge in [0.25, 0.3) is 0 Å². The number of ether oxygens (including phenoxy) is 1. The lowest BCUT2D eigenvalue weighted by Crippen LogP contribution is -2.08. The minimum absolute atomic E-state index is 0.0966. The molecule has 19 heavy (non-hydrogen) atoms. The van der Waals surface area contributed by atoms with E-state index in [4.69, 9.17) is 4.74 Å². The van der Waals surface area contributed by atoms with E-state index >= 15 is 0 Å². The third-order valence-corrected chi connectivity index (χ3v) is 2.25. The van der Waals surface area contributed by atoms with Crippen molar-refractivity contribution in [3.63, 3.8) is 0 Å². The molecule has 5 nitrogen and oxygen atoms in total. The Hall–Kier alpha value is -2.17. The van der Waals surface area contributed by atoms with Gasteiger partial charge in [-0.3, -0.25) is 0 Å². The second-order valence-electron chi connectivity index (χ2n) is 3.80. The van der Waals surface area contributed by atoms with Crippen molar-refractivity contribution in [1.82, 2.24) is 0 Å². The topological polar surface area (TPSA) is 71.2 Å². The van der Waals surface area contributed by atoms with E-state index in [0.29, 0.717) is 18.5 Å². The highest BCUT2D eigenvalue weighted by molar-refractivity contribution is 5.88. The molecule has 0 unspecified atom stereocenters. The molecule has 1 aromatic carbocycles. The molecule has 102 valence electrons. The number of allylic oxidation sites excluding steroid dienone is 1. The number of esters is 1. The molecule has 0 aliphatic rings. The Balaban J connectivity index is 2.95. The minimum Gasteiger partial charge on any atom is -0.510 e. The molecule has 5 heteroatoms. The van der Waals surface area contributed by atoms with E-state index in [-0.39, 0.29) is 18.1 Å². The van der Waals surface area contributed by atoms with Crippen LogP contribution in [0.15, 0.2) is 52.0 Å². The first kappa shape index (κ1) is 14.9. The number of benzene rings is 1. The summed E-state index contributed by atoms with van der Waals surface area (Å²) >= 11 is 0. The number of hydrogen-bond acceptors (Lipinski definition) is 5. The van der Waals surface area contributed by atoms with Crippen LogP contribution in [-0.4, -0.2) is 17.7 Å². The average Bonchev–Trinajstić information content (AvgIpc) is 2.41. The quantitative estimate of drug-likeness (QED) is 0.366. The maximum absolute atomic E-state index is 11.7. The van der Waals surface area contributed by atoms with Gasteiger partial charge in [0.2, 0.25) is 5.70 Å². The van der Waals surface area contributed by atoms with E-state index < -0.39 is 5.97 Å². The summed E-state index contributed by atoms with van der Waals surface area (Å²) in [5.41, 5.74) is 0.473. The Bertz CT molecular complexity index is 467. The summed E-state index contributed by atoms with van der Waals surface area (Å²) in [5.74, 6) is -0.756. The van der Waals surface area contributed by atoms with E-state index in [9.17, 15) is 9.90 Å². The number of carbonyl (C=O) groups excluding carboxylic acids is 1. The molecule has 0 aromatic heterocycles. The lowest BCUT2D eigenvalue weighted by molar-refractivity contribution is -0.138. The number of hydrogen-bond donors (Lipinski definition) is 1. The van der Waals surface area contributed by atoms with Crippen LogP contribution in [0.5, 0.6) is 0 Å². The Kier molecular flexibility index (Phi) is 6.29. The molecule has 0 spiro atoms. The maximum atomic E-state index is 11.7. The number of azo groups is 1. The first-order chi connectivity index (χ1) is 9.19. The van der Waals surface area contributed by atoms with Gasteiger partial charge >= 0.3 is 5.97 Å². The van der Waals surface area contributed by atoms with Crippen LogP contribution in [0.25, 0.3) is 0 Å². The summed E-state index contributed by atoms with van der Waals surface area (Å²) in [6.07, 6.45) is 1.07. The van der Waals surface area contributed by atoms with Crippen LogP contribution in [0, 0.1) is 0 Å². The zero-order valence-electron chi connectivity index (χ0n) is 11.2. The van der Waals surface area contributed by atoms with E-state index in [0.717, 1.165) is 0 Å². The Labute approximate surface area is 112 Å². The Morgan fingerprint density at radius 1 is 1.26 bits per heavy atom. The molecular formula is C14H18N2O3. The van der Waals surface area contributed by atoms with Gasteiger partial charge < -0.3 is 9.84 Å². The molecule has 0 saturated carbocycles. The first-order valence-corrected chi connectivity index (χ1v) is 6.25. The highest BCUT2D eigenvalue weighted by atomic mass is 16.5. The van der Waals surface area contributed by atoms with Gasteiger partial charge in [0.15, 0.2) is 0 Å². The number of aliphatic hydroxyl groups is 1. The van der Waals surface area contributed by atoms with Crippen molar-refractivity contribution < 1.29 is 14.6 Å². The van der Waals surface area contributed by atoms with Crippen LogP contribution in [0.1, 0.15) is 26.7 Å². The molecule has 0 radical (unpaired) electrons. The summed E-state index contributed by atoms with van der Waals surface area (Å²) in [4.78, 5) is 11.7. The number of carbonyl (C=O) groups is 1. The Morgan fingerprint density at radius 2 is 1.95 bits per heavy atom. The fourth-order valence-electron chi connectivity index (χ4n) is 1.37. The van der Waals surface area contributed by atoms with Crippen molar-refractivity contribution in [2.24, 2.45) is 10.2 Å². The monoisotopic (exact) mass is 262 g/mol. The zero-order valence-corrected chi connectivity index (χ0v) is 11.2. The van der Waals surface area contributed by atoms with Crippen LogP contribution >= 0.6 is 0 Å². The van der Waals surface area contributed by atoms with Crippen molar-refractivity contribution in [3.8, 4) is 0 Å². The lowest BCUT2D eigenvalue weighted by atomic mass is 10.2. The molecule has 0 saturated heterocycles. The van der Waals surface area contributed by atoms with Gasteiger partial charge in [0.1, 0.15) is 5.76 Å². The van der Waals surface area contributed by atoms with Crippen LogP contribution in [0.2, 0.25) is 0 Å². The molecule has 0 bridgehead atoms. The molecule has 0 heterocycles. The zero-order chi connectivity index (χ0) is 14.1. The van der Waals surface area contributed by atoms with Gasteiger partial charge in [-0.1, -0.05) is 25.1 Å². The van der Waals surface area contributed by atoms with E-state index in [1.165, 1.54) is 0 Å². The summed E-state index contributed by atoms with van der Waals surface area (Å²) in [6.45, 7) is 3.82. The van der Waals surface area contributed by atoms with Gasteiger partial charge in [0, 0.05) is 6.42 Å². The first-order valence-electron chi connectivity index (χ1n) is 6.25. The van der Waals surface area contributed by atoms with E-state index in [1.807, 2.05) is 25.1 Å². The standard InChI is InChI=1S/C14H18N2O3/c1-3-8-12(17)13(14(18)19-4-2)16-15-11-9-6-5-7-10-11/h5-7,9-10,17H,3-4,8H2,1-2H3/b13-12-,16-15?. The van der Waals surface area contributed by atoms with Gasteiger partial charge in [-0.2, -0.15) is 5.11 Å². The predicted octanol–water partition coefficient (Wildman–Crippen LogP) is 3.90. The smallest absolute Gasteiger partial charge is 0.362 e. The molecule has 0 aliphatic carbocycles. The second kappa shape index (κ2) is 8.02. The number of nitrogens with zero attached hydrogens (tertiary/aromatic N) is 2. The van der Waals surface area contributed by atoms with Crippen LogP contribution in [0.3, 0.4) is 0 Å². The molecule has 1 N–H and O–H groups in total. The van der Waals surface area contributed by atoms with Gasteiger partial charge in [-0.25, -0.2) is 4.79 Å². The van der Waals surface area contributed by atoms with E-state index in [1.54, 1.807) is 19.1 Å². The minimum atomic E-state index is -0.659. The lowest BCUT2D eigenvalue weighted by Gasteiger charge is -2.04. The summed E-state index contributed by atoms with van der Waals surface area (Å²) < 4.78 is 4.85. The maximum Gasteiger partial charge on any atom is 0.362 e. The molecule has 1 aromatic rings. The fraction of sp³-hybridized carbons (Fsp3) is 0.357. The highest BCUT2D eigenvalue weighted by Gasteiger charge is 2.16. The van der Waals surface area contributed by atoms with E-state index in [2.05, 4.69) is 10.2 Å². The highest BCUT2D eigenvalue weighted by Crippen LogP contribution is 2.16. The summed E-state index contributed by atoms with van der Waals surface area (Å²) in [7, 11) is 0. The third-order valence-electron chi connectivity index (χ3n) is 2.25. The normalized spacial score (nSPS) is 12.3. The number of rotatable bonds is 6. The molecule has 0 aliphatic heterocycles. The van der Waals surface area contributed by atoms with Gasteiger partial charge in [0.05, 0.1) is 12.3 Å². The summed E-state index contributed by atoms with van der Waals surface area (Å²) in [5, 5.41) is 17.5. The predicted molar refractivity (Wildman–Crippen MR) is 72.2 cm³/mol. The van der Waals surface area contributed by atoms with Crippen molar-refractivity contribution in [2.45, 2.75) is 26.7 Å². The van der Waals surface area contributed by atoms with Gasteiger partial charge in [-0.05, 0) is 25.5 Å². The summed E-state index contributed by atoms with van der Waals surface area (Å²) in [6, 6.07) is 8.99. The van der Waals surface area contributed by atoms with Crippen molar-refractivity contribution >= 4 is 11.7 Å². The molecule has 1 rings (SSSR count). The average molecular weight is 262 g/mol. The fourth-order valence-corrected chi connectivity index (χ4v) is 1.37. The number of aliphatic hydroxyl groups excluding tert-OH is 1. The van der Waals surface area contributed by atoms with Crippen LogP contribution in [-0.2, 0) is 9.53 Å². The molecular weight excluding hydrogens is 244 g/mol. The Morgan fingerprint density at radius 3 is 2.53 bits per heavy atom. The van der Waals surface area contributed by atoms with Gasteiger partial charge in [-0.15, -0.1) is 5.11 Å². The molecule has 0 fully saturated rings.